The van der Waals surface area contributed by atoms with Gasteiger partial charge in [-0.05, 0) is 12.8 Å². The molecule has 0 saturated heterocycles. The molecular formula is C10H10ClN3O3. The number of hydrogen-bond donors (Lipinski definition) is 1. The number of hydrogen-bond acceptors (Lipinski definition) is 5. The highest BCUT2D eigenvalue weighted by Crippen LogP contribution is 2.30. The normalized spacial score (nSPS) is 14.2. The zero-order valence-electron chi connectivity index (χ0n) is 9.07. The molecule has 0 atom stereocenters. The minimum Gasteiger partial charge on any atom is -0.464 e. The predicted molar refractivity (Wildman–Crippen MR) is 59.7 cm³/mol. The highest BCUT2D eigenvalue weighted by atomic mass is 35.5. The maximum absolute atomic E-state index is 11.4. The van der Waals surface area contributed by atoms with Crippen LogP contribution in [0.2, 0.25) is 5.15 Å². The van der Waals surface area contributed by atoms with Crippen LogP contribution in [-0.4, -0.2) is 29.0 Å². The third-order valence-electron chi connectivity index (χ3n) is 2.31. The molecule has 0 aromatic carbocycles. The second-order valence-electron chi connectivity index (χ2n) is 3.65. The monoisotopic (exact) mass is 255 g/mol. The van der Waals surface area contributed by atoms with Crippen LogP contribution in [0.4, 0.5) is 5.82 Å². The van der Waals surface area contributed by atoms with Crippen LogP contribution in [0.5, 0.6) is 0 Å². The first kappa shape index (κ1) is 11.8. The van der Waals surface area contributed by atoms with E-state index in [2.05, 4.69) is 20.0 Å². The maximum Gasteiger partial charge on any atom is 0.359 e. The number of carbonyl (C=O) groups is 2. The summed E-state index contributed by atoms with van der Waals surface area (Å²) in [5.41, 5.74) is -0.0708. The summed E-state index contributed by atoms with van der Waals surface area (Å²) in [6.07, 6.45) is 3.07. The van der Waals surface area contributed by atoms with Crippen LogP contribution in [0.3, 0.4) is 0 Å². The van der Waals surface area contributed by atoms with Crippen LogP contribution in [0.15, 0.2) is 6.20 Å². The molecule has 1 aliphatic carbocycles. The maximum atomic E-state index is 11.4. The number of nitrogens with one attached hydrogen (secondary N) is 1. The van der Waals surface area contributed by atoms with E-state index in [1.54, 1.807) is 0 Å². The first-order valence-corrected chi connectivity index (χ1v) is 5.41. The summed E-state index contributed by atoms with van der Waals surface area (Å²) in [6, 6.07) is 0. The van der Waals surface area contributed by atoms with E-state index in [0.717, 1.165) is 12.8 Å². The van der Waals surface area contributed by atoms with E-state index < -0.39 is 5.97 Å². The standard InChI is InChI=1S/C10H10ClN3O3/c1-17-10(16)7-8(11)13-6(4-12-7)14-9(15)5-2-3-5/h4-5H,2-3H2,1H3,(H,13,14,15). The Labute approximate surface area is 102 Å². The lowest BCUT2D eigenvalue weighted by Crippen LogP contribution is -2.15. The third-order valence-corrected chi connectivity index (χ3v) is 2.57. The van der Waals surface area contributed by atoms with Gasteiger partial charge in [0.2, 0.25) is 5.91 Å². The summed E-state index contributed by atoms with van der Waals surface area (Å²) in [7, 11) is 1.23. The molecule has 2 rings (SSSR count). The number of anilines is 1. The second-order valence-corrected chi connectivity index (χ2v) is 4.01. The Morgan fingerprint density at radius 3 is 2.76 bits per heavy atom. The fourth-order valence-electron chi connectivity index (χ4n) is 1.23. The molecule has 1 heterocycles. The zero-order chi connectivity index (χ0) is 12.4. The van der Waals surface area contributed by atoms with E-state index in [1.807, 2.05) is 0 Å². The number of aromatic nitrogens is 2. The molecule has 1 amide bonds. The number of carbonyl (C=O) groups excluding carboxylic acids is 2. The SMILES string of the molecule is COC(=O)c1ncc(NC(=O)C2CC2)nc1Cl. The molecule has 0 aliphatic heterocycles. The Morgan fingerprint density at radius 1 is 1.53 bits per heavy atom. The smallest absolute Gasteiger partial charge is 0.359 e. The van der Waals surface area contributed by atoms with Gasteiger partial charge in [0.25, 0.3) is 0 Å². The zero-order valence-corrected chi connectivity index (χ0v) is 9.82. The Bertz CT molecular complexity index is 474. The van der Waals surface area contributed by atoms with Crippen LogP contribution in [0.25, 0.3) is 0 Å². The van der Waals surface area contributed by atoms with E-state index in [4.69, 9.17) is 11.6 Å². The summed E-state index contributed by atoms with van der Waals surface area (Å²) in [5.74, 6) is -0.459. The molecule has 1 aromatic rings. The van der Waals surface area contributed by atoms with Gasteiger partial charge in [-0.1, -0.05) is 11.6 Å². The van der Waals surface area contributed by atoms with E-state index in [-0.39, 0.29) is 28.5 Å². The van der Waals surface area contributed by atoms with Gasteiger partial charge in [0, 0.05) is 5.92 Å². The Kier molecular flexibility index (Phi) is 3.23. The van der Waals surface area contributed by atoms with Crippen LogP contribution >= 0.6 is 11.6 Å². The quantitative estimate of drug-likeness (QED) is 0.823. The summed E-state index contributed by atoms with van der Waals surface area (Å²) in [4.78, 5) is 30.3. The molecule has 90 valence electrons. The van der Waals surface area contributed by atoms with Gasteiger partial charge in [0.05, 0.1) is 13.3 Å². The molecule has 1 saturated carbocycles. The number of esters is 1. The lowest BCUT2D eigenvalue weighted by Gasteiger charge is -2.05. The fourth-order valence-corrected chi connectivity index (χ4v) is 1.45. The van der Waals surface area contributed by atoms with E-state index in [9.17, 15) is 9.59 Å². The number of amides is 1. The summed E-state index contributed by atoms with van der Waals surface area (Å²) in [6.45, 7) is 0. The van der Waals surface area contributed by atoms with Gasteiger partial charge >= 0.3 is 5.97 Å². The van der Waals surface area contributed by atoms with Crippen molar-refractivity contribution < 1.29 is 14.3 Å². The summed E-state index contributed by atoms with van der Waals surface area (Å²) in [5, 5.41) is 2.49. The second kappa shape index (κ2) is 4.67. The topological polar surface area (TPSA) is 81.2 Å². The minimum atomic E-state index is -0.664. The molecule has 0 bridgehead atoms. The number of halogens is 1. The van der Waals surface area contributed by atoms with Crippen LogP contribution in [0, 0.1) is 5.92 Å². The molecule has 1 fully saturated rings. The average molecular weight is 256 g/mol. The summed E-state index contributed by atoms with van der Waals surface area (Å²) >= 11 is 5.76. The molecule has 0 unspecified atom stereocenters. The molecule has 7 heteroatoms. The van der Waals surface area contributed by atoms with E-state index in [0.29, 0.717) is 0 Å². The number of ether oxygens (including phenoxy) is 1. The Morgan fingerprint density at radius 2 is 2.24 bits per heavy atom. The van der Waals surface area contributed by atoms with Gasteiger partial charge in [-0.25, -0.2) is 14.8 Å². The molecule has 1 aliphatic rings. The average Bonchev–Trinajstić information content (AvgIpc) is 3.12. The van der Waals surface area contributed by atoms with Gasteiger partial charge in [0.15, 0.2) is 16.7 Å². The van der Waals surface area contributed by atoms with Gasteiger partial charge in [-0.2, -0.15) is 0 Å². The Balaban J connectivity index is 2.12. The number of nitrogens with zero attached hydrogens (tertiary/aromatic N) is 2. The van der Waals surface area contributed by atoms with Crippen molar-refractivity contribution in [3.63, 3.8) is 0 Å². The molecular weight excluding hydrogens is 246 g/mol. The van der Waals surface area contributed by atoms with Crippen LogP contribution in [-0.2, 0) is 9.53 Å². The largest absolute Gasteiger partial charge is 0.464 e. The first-order chi connectivity index (χ1) is 8.11. The highest BCUT2D eigenvalue weighted by Gasteiger charge is 2.30. The number of methoxy groups -OCH3 is 1. The van der Waals surface area contributed by atoms with Gasteiger partial charge < -0.3 is 10.1 Å². The van der Waals surface area contributed by atoms with Crippen molar-refractivity contribution in [3.8, 4) is 0 Å². The van der Waals surface area contributed by atoms with E-state index >= 15 is 0 Å². The van der Waals surface area contributed by atoms with Gasteiger partial charge in [-0.3, -0.25) is 4.79 Å². The molecule has 1 N–H and O–H groups in total. The van der Waals surface area contributed by atoms with Crippen molar-refractivity contribution >= 4 is 29.3 Å². The number of rotatable bonds is 3. The molecule has 6 nitrogen and oxygen atoms in total. The van der Waals surface area contributed by atoms with E-state index in [1.165, 1.54) is 13.3 Å². The lowest BCUT2D eigenvalue weighted by molar-refractivity contribution is -0.117. The lowest BCUT2D eigenvalue weighted by atomic mass is 10.4. The van der Waals surface area contributed by atoms with Crippen LogP contribution < -0.4 is 5.32 Å². The fraction of sp³-hybridized carbons (Fsp3) is 0.400. The van der Waals surface area contributed by atoms with Crippen LogP contribution in [0.1, 0.15) is 23.3 Å². The molecule has 1 aromatic heterocycles. The summed E-state index contributed by atoms with van der Waals surface area (Å²) < 4.78 is 4.47. The predicted octanol–water partition coefficient (Wildman–Crippen LogP) is 1.27. The first-order valence-electron chi connectivity index (χ1n) is 5.03. The third kappa shape index (κ3) is 2.71. The minimum absolute atomic E-state index is 0.0656. The van der Waals surface area contributed by atoms with Gasteiger partial charge in [-0.15, -0.1) is 0 Å². The van der Waals surface area contributed by atoms with Crippen molar-refractivity contribution in [3.05, 3.63) is 17.0 Å². The molecule has 17 heavy (non-hydrogen) atoms. The van der Waals surface area contributed by atoms with Gasteiger partial charge in [0.1, 0.15) is 0 Å². The van der Waals surface area contributed by atoms with Crippen molar-refractivity contribution in [2.75, 3.05) is 12.4 Å². The van der Waals surface area contributed by atoms with Crippen molar-refractivity contribution in [1.82, 2.24) is 9.97 Å². The molecule has 0 spiro atoms. The van der Waals surface area contributed by atoms with Crippen molar-refractivity contribution in [1.29, 1.82) is 0 Å². The Hall–Kier alpha value is -1.69. The molecule has 0 radical (unpaired) electrons. The van der Waals surface area contributed by atoms with Crippen molar-refractivity contribution in [2.24, 2.45) is 5.92 Å². The van der Waals surface area contributed by atoms with Crippen molar-refractivity contribution in [2.45, 2.75) is 12.8 Å². The highest BCUT2D eigenvalue weighted by molar-refractivity contribution is 6.32.